The molecule has 0 bridgehead atoms. The van der Waals surface area contributed by atoms with Crippen LogP contribution < -0.4 is 5.32 Å². The van der Waals surface area contributed by atoms with Crippen molar-refractivity contribution in [2.45, 2.75) is 32.2 Å². The molecule has 0 spiro atoms. The molecule has 1 aromatic heterocycles. The molecule has 0 saturated carbocycles. The van der Waals surface area contributed by atoms with E-state index in [1.54, 1.807) is 11.3 Å². The minimum absolute atomic E-state index is 0.130. The molecule has 0 aromatic carbocycles. The third kappa shape index (κ3) is 2.14. The van der Waals surface area contributed by atoms with E-state index in [2.05, 4.69) is 41.5 Å². The van der Waals surface area contributed by atoms with E-state index in [-0.39, 0.29) is 5.54 Å². The Hall–Kier alpha value is -0.450. The normalized spacial score (nSPS) is 21.2. The molecule has 16 heavy (non-hydrogen) atoms. The minimum atomic E-state index is 0.130. The molecule has 0 radical (unpaired) electrons. The number of nitrogens with zero attached hydrogens (tertiary/aromatic N) is 2. The van der Waals surface area contributed by atoms with Crippen molar-refractivity contribution in [1.29, 1.82) is 0 Å². The summed E-state index contributed by atoms with van der Waals surface area (Å²) in [4.78, 5) is 7.18. The van der Waals surface area contributed by atoms with Gasteiger partial charge in [-0.3, -0.25) is 0 Å². The van der Waals surface area contributed by atoms with E-state index < -0.39 is 0 Å². The fourth-order valence-corrected chi connectivity index (χ4v) is 3.46. The number of rotatable bonds is 3. The van der Waals surface area contributed by atoms with E-state index in [4.69, 9.17) is 0 Å². The standard InChI is InChI=1S/C12H21N3S/c1-4-15-7-5-12(13-3,6-8-15)11-14-10(2)9-16-11/h9,13H,4-8H2,1-3H3. The molecule has 0 aliphatic carbocycles. The number of thiazole rings is 1. The van der Waals surface area contributed by atoms with Gasteiger partial charge in [0.25, 0.3) is 0 Å². The minimum Gasteiger partial charge on any atom is -0.308 e. The van der Waals surface area contributed by atoms with Gasteiger partial charge in [0.2, 0.25) is 0 Å². The van der Waals surface area contributed by atoms with Crippen molar-refractivity contribution in [2.24, 2.45) is 0 Å². The Balaban J connectivity index is 2.15. The molecule has 0 unspecified atom stereocenters. The summed E-state index contributed by atoms with van der Waals surface area (Å²) < 4.78 is 0. The lowest BCUT2D eigenvalue weighted by Gasteiger charge is -2.40. The Morgan fingerprint density at radius 1 is 1.50 bits per heavy atom. The number of aromatic nitrogens is 1. The van der Waals surface area contributed by atoms with Gasteiger partial charge in [-0.1, -0.05) is 6.92 Å². The fourth-order valence-electron chi connectivity index (χ4n) is 2.40. The summed E-state index contributed by atoms with van der Waals surface area (Å²) in [6.45, 7) is 7.83. The van der Waals surface area contributed by atoms with Gasteiger partial charge in [-0.25, -0.2) is 4.98 Å². The Bertz CT molecular complexity index is 340. The van der Waals surface area contributed by atoms with E-state index >= 15 is 0 Å². The van der Waals surface area contributed by atoms with E-state index in [1.807, 2.05) is 0 Å². The SMILES string of the molecule is CCN1CCC(NC)(c2nc(C)cs2)CC1. The molecule has 4 heteroatoms. The molecule has 1 aliphatic rings. The van der Waals surface area contributed by atoms with E-state index in [0.717, 1.165) is 12.2 Å². The van der Waals surface area contributed by atoms with E-state index in [1.165, 1.54) is 30.9 Å². The van der Waals surface area contributed by atoms with Gasteiger partial charge < -0.3 is 10.2 Å². The molecule has 3 nitrogen and oxygen atoms in total. The average Bonchev–Trinajstić information content (AvgIpc) is 2.76. The number of piperidine rings is 1. The Labute approximate surface area is 102 Å². The highest BCUT2D eigenvalue weighted by Crippen LogP contribution is 2.34. The van der Waals surface area contributed by atoms with Crippen molar-refractivity contribution < 1.29 is 0 Å². The molecule has 0 atom stereocenters. The second-order valence-electron chi connectivity index (χ2n) is 4.56. The first kappa shape index (κ1) is 12.0. The lowest BCUT2D eigenvalue weighted by atomic mass is 9.88. The maximum atomic E-state index is 4.67. The third-order valence-corrected chi connectivity index (χ3v) is 4.83. The zero-order chi connectivity index (χ0) is 11.6. The molecule has 1 saturated heterocycles. The monoisotopic (exact) mass is 239 g/mol. The molecule has 90 valence electrons. The van der Waals surface area contributed by atoms with Crippen LogP contribution in [-0.4, -0.2) is 36.6 Å². The van der Waals surface area contributed by atoms with Crippen molar-refractivity contribution in [3.8, 4) is 0 Å². The lowest BCUT2D eigenvalue weighted by molar-refractivity contribution is 0.145. The first-order chi connectivity index (χ1) is 7.70. The maximum Gasteiger partial charge on any atom is 0.113 e. The van der Waals surface area contributed by atoms with Crippen LogP contribution in [0.1, 0.15) is 30.5 Å². The molecule has 1 fully saturated rings. The van der Waals surface area contributed by atoms with E-state index in [0.29, 0.717) is 0 Å². The van der Waals surface area contributed by atoms with Crippen LogP contribution in [-0.2, 0) is 5.54 Å². The highest BCUT2D eigenvalue weighted by atomic mass is 32.1. The van der Waals surface area contributed by atoms with Gasteiger partial charge in [0.15, 0.2) is 0 Å². The molecule has 1 N–H and O–H groups in total. The highest BCUT2D eigenvalue weighted by Gasteiger charge is 2.36. The van der Waals surface area contributed by atoms with Gasteiger partial charge in [-0.15, -0.1) is 11.3 Å². The Kier molecular flexibility index (Phi) is 3.62. The summed E-state index contributed by atoms with van der Waals surface area (Å²) in [5.74, 6) is 0. The first-order valence-corrected chi connectivity index (χ1v) is 6.92. The van der Waals surface area contributed by atoms with Crippen molar-refractivity contribution in [2.75, 3.05) is 26.7 Å². The van der Waals surface area contributed by atoms with Crippen molar-refractivity contribution in [3.63, 3.8) is 0 Å². The molecule has 1 aromatic rings. The molecular formula is C12H21N3S. The number of likely N-dealkylation sites (tertiary alicyclic amines) is 1. The first-order valence-electron chi connectivity index (χ1n) is 6.04. The maximum absolute atomic E-state index is 4.67. The van der Waals surface area contributed by atoms with Crippen LogP contribution in [0.2, 0.25) is 0 Å². The molecule has 2 heterocycles. The molecular weight excluding hydrogens is 218 g/mol. The zero-order valence-electron chi connectivity index (χ0n) is 10.4. The highest BCUT2D eigenvalue weighted by molar-refractivity contribution is 7.09. The quantitative estimate of drug-likeness (QED) is 0.874. The summed E-state index contributed by atoms with van der Waals surface area (Å²) in [6.07, 6.45) is 2.34. The van der Waals surface area contributed by atoms with E-state index in [9.17, 15) is 0 Å². The Morgan fingerprint density at radius 3 is 2.62 bits per heavy atom. The van der Waals surface area contributed by atoms with Crippen molar-refractivity contribution in [3.05, 3.63) is 16.1 Å². The predicted octanol–water partition coefficient (Wildman–Crippen LogP) is 1.98. The molecule has 0 amide bonds. The van der Waals surface area contributed by atoms with Crippen LogP contribution in [0.5, 0.6) is 0 Å². The lowest BCUT2D eigenvalue weighted by Crippen LogP contribution is -2.49. The largest absolute Gasteiger partial charge is 0.308 e. The number of hydrogen-bond acceptors (Lipinski definition) is 4. The molecule has 2 rings (SSSR count). The summed E-state index contributed by atoms with van der Waals surface area (Å²) in [5, 5.41) is 6.93. The van der Waals surface area contributed by atoms with Crippen LogP contribution in [0.25, 0.3) is 0 Å². The van der Waals surface area contributed by atoms with Gasteiger partial charge in [0.05, 0.1) is 5.54 Å². The van der Waals surface area contributed by atoms with Crippen LogP contribution in [0, 0.1) is 6.92 Å². The van der Waals surface area contributed by atoms with Crippen molar-refractivity contribution in [1.82, 2.24) is 15.2 Å². The van der Waals surface area contributed by atoms with Crippen LogP contribution in [0.15, 0.2) is 5.38 Å². The summed E-state index contributed by atoms with van der Waals surface area (Å²) in [5.41, 5.74) is 1.28. The van der Waals surface area contributed by atoms with Gasteiger partial charge in [0.1, 0.15) is 5.01 Å². The topological polar surface area (TPSA) is 28.2 Å². The van der Waals surface area contributed by atoms with Crippen LogP contribution in [0.3, 0.4) is 0 Å². The van der Waals surface area contributed by atoms with Gasteiger partial charge >= 0.3 is 0 Å². The number of nitrogens with one attached hydrogen (secondary N) is 1. The second kappa shape index (κ2) is 4.82. The Morgan fingerprint density at radius 2 is 2.19 bits per heavy atom. The van der Waals surface area contributed by atoms with Crippen LogP contribution >= 0.6 is 11.3 Å². The zero-order valence-corrected chi connectivity index (χ0v) is 11.2. The van der Waals surface area contributed by atoms with Crippen LogP contribution in [0.4, 0.5) is 0 Å². The second-order valence-corrected chi connectivity index (χ2v) is 5.42. The number of hydrogen-bond donors (Lipinski definition) is 1. The smallest absolute Gasteiger partial charge is 0.113 e. The van der Waals surface area contributed by atoms with Gasteiger partial charge in [-0.2, -0.15) is 0 Å². The fraction of sp³-hybridized carbons (Fsp3) is 0.750. The third-order valence-electron chi connectivity index (χ3n) is 3.66. The summed E-state index contributed by atoms with van der Waals surface area (Å²) >= 11 is 1.80. The van der Waals surface area contributed by atoms with Gasteiger partial charge in [-0.05, 0) is 33.4 Å². The average molecular weight is 239 g/mol. The predicted molar refractivity (Wildman–Crippen MR) is 68.9 cm³/mol. The molecule has 1 aliphatic heterocycles. The number of aryl methyl sites for hydroxylation is 1. The summed E-state index contributed by atoms with van der Waals surface area (Å²) in [6, 6.07) is 0. The van der Waals surface area contributed by atoms with Crippen molar-refractivity contribution >= 4 is 11.3 Å². The summed E-state index contributed by atoms with van der Waals surface area (Å²) in [7, 11) is 2.07. The van der Waals surface area contributed by atoms with Gasteiger partial charge in [0, 0.05) is 24.2 Å².